The molecule has 29 heavy (non-hydrogen) atoms. The van der Waals surface area contributed by atoms with E-state index in [1.54, 1.807) is 30.7 Å². The molecule has 1 atom stereocenters. The molecule has 150 valence electrons. The van der Waals surface area contributed by atoms with Crippen molar-refractivity contribution in [1.29, 1.82) is 0 Å². The molecule has 1 aliphatic heterocycles. The number of benzene rings is 1. The molecule has 3 heterocycles. The molecule has 0 aliphatic carbocycles. The SMILES string of the molecule is CC(Nc1cc(N2CCOCC2)cc(Nc2cnccn2)n1)c1ccc(F)cc1. The molecule has 0 bridgehead atoms. The molecule has 0 saturated carbocycles. The molecule has 4 rings (SSSR count). The van der Waals surface area contributed by atoms with E-state index in [0.29, 0.717) is 24.8 Å². The lowest BCUT2D eigenvalue weighted by molar-refractivity contribution is 0.122. The smallest absolute Gasteiger partial charge is 0.150 e. The first-order chi connectivity index (χ1) is 14.2. The summed E-state index contributed by atoms with van der Waals surface area (Å²) >= 11 is 0. The van der Waals surface area contributed by atoms with Crippen molar-refractivity contribution in [2.24, 2.45) is 0 Å². The van der Waals surface area contributed by atoms with Crippen LogP contribution in [-0.2, 0) is 4.74 Å². The molecule has 1 fully saturated rings. The van der Waals surface area contributed by atoms with Crippen LogP contribution in [0.25, 0.3) is 0 Å². The topological polar surface area (TPSA) is 75.2 Å². The zero-order valence-corrected chi connectivity index (χ0v) is 16.2. The highest BCUT2D eigenvalue weighted by molar-refractivity contribution is 5.65. The zero-order valence-electron chi connectivity index (χ0n) is 16.2. The van der Waals surface area contributed by atoms with Crippen molar-refractivity contribution in [3.05, 3.63) is 66.4 Å². The number of nitrogens with one attached hydrogen (secondary N) is 2. The molecule has 8 heteroatoms. The maximum Gasteiger partial charge on any atom is 0.150 e. The lowest BCUT2D eigenvalue weighted by atomic mass is 10.1. The van der Waals surface area contributed by atoms with Gasteiger partial charge in [0.25, 0.3) is 0 Å². The molecule has 2 aromatic heterocycles. The van der Waals surface area contributed by atoms with Crippen molar-refractivity contribution >= 4 is 23.1 Å². The van der Waals surface area contributed by atoms with Gasteiger partial charge in [-0.2, -0.15) is 0 Å². The van der Waals surface area contributed by atoms with Gasteiger partial charge in [-0.3, -0.25) is 4.98 Å². The second kappa shape index (κ2) is 8.83. The molecule has 1 unspecified atom stereocenters. The van der Waals surface area contributed by atoms with Crippen molar-refractivity contribution < 1.29 is 9.13 Å². The standard InChI is InChI=1S/C21H23FN6O/c1-15(16-2-4-17(22)5-3-16)25-19-12-18(28-8-10-29-11-9-28)13-20(26-19)27-21-14-23-6-7-24-21/h2-7,12-15H,8-11H2,1H3,(H2,24,25,26,27). The van der Waals surface area contributed by atoms with E-state index < -0.39 is 0 Å². The molecule has 1 saturated heterocycles. The largest absolute Gasteiger partial charge is 0.378 e. The van der Waals surface area contributed by atoms with Crippen LogP contribution in [-0.4, -0.2) is 41.3 Å². The first kappa shape index (κ1) is 19.1. The van der Waals surface area contributed by atoms with Gasteiger partial charge in [-0.15, -0.1) is 0 Å². The predicted molar refractivity (Wildman–Crippen MR) is 111 cm³/mol. The van der Waals surface area contributed by atoms with Crippen molar-refractivity contribution in [3.63, 3.8) is 0 Å². The minimum Gasteiger partial charge on any atom is -0.378 e. The van der Waals surface area contributed by atoms with Crippen LogP contribution in [0.15, 0.2) is 55.0 Å². The van der Waals surface area contributed by atoms with Crippen molar-refractivity contribution in [2.75, 3.05) is 41.8 Å². The third kappa shape index (κ3) is 4.97. The number of pyridine rings is 1. The Hall–Kier alpha value is -3.26. The number of morpholine rings is 1. The maximum atomic E-state index is 13.2. The third-order valence-corrected chi connectivity index (χ3v) is 4.74. The summed E-state index contributed by atoms with van der Waals surface area (Å²) < 4.78 is 18.7. The van der Waals surface area contributed by atoms with Gasteiger partial charge in [0.1, 0.15) is 23.3 Å². The molecule has 7 nitrogen and oxygen atoms in total. The Kier molecular flexibility index (Phi) is 5.81. The fourth-order valence-electron chi connectivity index (χ4n) is 3.21. The molecule has 0 spiro atoms. The second-order valence-electron chi connectivity index (χ2n) is 6.83. The average molecular weight is 394 g/mol. The molecular formula is C21H23FN6O. The van der Waals surface area contributed by atoms with Crippen LogP contribution in [0.3, 0.4) is 0 Å². The summed E-state index contributed by atoms with van der Waals surface area (Å²) in [6, 6.07) is 10.5. The lowest BCUT2D eigenvalue weighted by Gasteiger charge is -2.29. The summed E-state index contributed by atoms with van der Waals surface area (Å²) in [5.74, 6) is 1.76. The highest BCUT2D eigenvalue weighted by atomic mass is 19.1. The van der Waals surface area contributed by atoms with Gasteiger partial charge >= 0.3 is 0 Å². The summed E-state index contributed by atoms with van der Waals surface area (Å²) in [5, 5.41) is 6.63. The fraction of sp³-hybridized carbons (Fsp3) is 0.286. The van der Waals surface area contributed by atoms with E-state index in [0.717, 1.165) is 30.2 Å². The van der Waals surface area contributed by atoms with Crippen LogP contribution in [0.1, 0.15) is 18.5 Å². The second-order valence-corrected chi connectivity index (χ2v) is 6.83. The molecule has 0 amide bonds. The van der Waals surface area contributed by atoms with E-state index in [9.17, 15) is 4.39 Å². The number of anilines is 4. The van der Waals surface area contributed by atoms with Crippen molar-refractivity contribution in [3.8, 4) is 0 Å². The van der Waals surface area contributed by atoms with Crippen LogP contribution in [0, 0.1) is 5.82 Å². The first-order valence-electron chi connectivity index (χ1n) is 9.57. The Morgan fingerprint density at radius 2 is 1.79 bits per heavy atom. The molecule has 2 N–H and O–H groups in total. The third-order valence-electron chi connectivity index (χ3n) is 4.74. The van der Waals surface area contributed by atoms with E-state index in [1.807, 2.05) is 19.1 Å². The van der Waals surface area contributed by atoms with Gasteiger partial charge in [-0.25, -0.2) is 14.4 Å². The van der Waals surface area contributed by atoms with Crippen LogP contribution < -0.4 is 15.5 Å². The Balaban J connectivity index is 1.60. The van der Waals surface area contributed by atoms with Gasteiger partial charge in [0.15, 0.2) is 0 Å². The van der Waals surface area contributed by atoms with Crippen LogP contribution in [0.4, 0.5) is 27.5 Å². The molecule has 1 aliphatic rings. The van der Waals surface area contributed by atoms with Gasteiger partial charge in [-0.05, 0) is 24.6 Å². The van der Waals surface area contributed by atoms with Crippen LogP contribution in [0.2, 0.25) is 0 Å². The zero-order chi connectivity index (χ0) is 20.1. The number of rotatable bonds is 6. The van der Waals surface area contributed by atoms with E-state index in [2.05, 4.69) is 30.5 Å². The normalized spacial score (nSPS) is 15.0. The number of ether oxygens (including phenoxy) is 1. The Bertz CT molecular complexity index is 932. The van der Waals surface area contributed by atoms with E-state index in [-0.39, 0.29) is 11.9 Å². The maximum absolute atomic E-state index is 13.2. The molecule has 0 radical (unpaired) electrons. The molecule has 1 aromatic carbocycles. The van der Waals surface area contributed by atoms with Gasteiger partial charge < -0.3 is 20.3 Å². The van der Waals surface area contributed by atoms with Crippen molar-refractivity contribution in [2.45, 2.75) is 13.0 Å². The van der Waals surface area contributed by atoms with Gasteiger partial charge in [0, 0.05) is 49.3 Å². The first-order valence-corrected chi connectivity index (χ1v) is 9.57. The van der Waals surface area contributed by atoms with Crippen molar-refractivity contribution in [1.82, 2.24) is 15.0 Å². The number of hydrogen-bond donors (Lipinski definition) is 2. The minimum atomic E-state index is -0.246. The van der Waals surface area contributed by atoms with E-state index >= 15 is 0 Å². The lowest BCUT2D eigenvalue weighted by Crippen LogP contribution is -2.36. The summed E-state index contributed by atoms with van der Waals surface area (Å²) in [7, 11) is 0. The summed E-state index contributed by atoms with van der Waals surface area (Å²) in [5.41, 5.74) is 2.02. The predicted octanol–water partition coefficient (Wildman–Crippen LogP) is 3.76. The minimum absolute atomic E-state index is 0.0348. The number of halogens is 1. The Morgan fingerprint density at radius 1 is 1.03 bits per heavy atom. The number of aromatic nitrogens is 3. The molecular weight excluding hydrogens is 371 g/mol. The summed E-state index contributed by atoms with van der Waals surface area (Å²) in [4.78, 5) is 15.3. The van der Waals surface area contributed by atoms with Gasteiger partial charge in [0.2, 0.25) is 0 Å². The van der Waals surface area contributed by atoms with Crippen LogP contribution in [0.5, 0.6) is 0 Å². The monoisotopic (exact) mass is 394 g/mol. The number of hydrogen-bond acceptors (Lipinski definition) is 7. The van der Waals surface area contributed by atoms with Gasteiger partial charge in [-0.1, -0.05) is 12.1 Å². The molecule has 3 aromatic rings. The van der Waals surface area contributed by atoms with Gasteiger partial charge in [0.05, 0.1) is 19.4 Å². The Labute approximate surface area is 169 Å². The highest BCUT2D eigenvalue weighted by Gasteiger charge is 2.15. The van der Waals surface area contributed by atoms with E-state index in [1.165, 1.54) is 12.1 Å². The number of nitrogens with zero attached hydrogens (tertiary/aromatic N) is 4. The summed E-state index contributed by atoms with van der Waals surface area (Å²) in [6.07, 6.45) is 4.90. The van der Waals surface area contributed by atoms with Crippen LogP contribution >= 0.6 is 0 Å². The Morgan fingerprint density at radius 3 is 2.52 bits per heavy atom. The average Bonchev–Trinajstić information content (AvgIpc) is 2.75. The van der Waals surface area contributed by atoms with E-state index in [4.69, 9.17) is 4.74 Å². The highest BCUT2D eigenvalue weighted by Crippen LogP contribution is 2.27. The summed E-state index contributed by atoms with van der Waals surface area (Å²) in [6.45, 7) is 5.06. The quantitative estimate of drug-likeness (QED) is 0.659. The fourth-order valence-corrected chi connectivity index (χ4v) is 3.21.